The van der Waals surface area contributed by atoms with E-state index in [9.17, 15) is 31.2 Å². The molecule has 15 heteroatoms. The van der Waals surface area contributed by atoms with Crippen LogP contribution in [0.2, 0.25) is 0 Å². The Labute approximate surface area is 172 Å². The van der Waals surface area contributed by atoms with Crippen LogP contribution in [-0.2, 0) is 21.2 Å². The second-order valence-corrected chi connectivity index (χ2v) is 9.10. The van der Waals surface area contributed by atoms with Crippen molar-refractivity contribution in [1.82, 2.24) is 25.1 Å². The van der Waals surface area contributed by atoms with E-state index in [1.54, 1.807) is 30.3 Å². The van der Waals surface area contributed by atoms with Gasteiger partial charge in [-0.3, -0.25) is 9.69 Å². The van der Waals surface area contributed by atoms with Gasteiger partial charge in [0.05, 0.1) is 0 Å². The van der Waals surface area contributed by atoms with Crippen LogP contribution in [-0.4, -0.2) is 53.8 Å². The van der Waals surface area contributed by atoms with Crippen LogP contribution in [0.3, 0.4) is 0 Å². The first kappa shape index (κ1) is 21.9. The van der Waals surface area contributed by atoms with Gasteiger partial charge in [0, 0.05) is 6.54 Å². The van der Waals surface area contributed by atoms with Gasteiger partial charge in [-0.2, -0.15) is 17.9 Å². The van der Waals surface area contributed by atoms with Gasteiger partial charge in [0.25, 0.3) is 21.6 Å². The largest absolute Gasteiger partial charge is 0.435 e. The molecule has 0 saturated carbocycles. The smallest absolute Gasteiger partial charge is 0.374 e. The SMILES string of the molecule is Nc1nnc(S(=O)(=O)NC2(C(F)(F)F)NC(=O)N(CCCc3ccccc3)C2=O)s1. The summed E-state index contributed by atoms with van der Waals surface area (Å²) in [5, 5.41) is 7.53. The number of carbonyl (C=O) groups excluding carboxylic acids is 2. The number of sulfonamides is 1. The number of aryl methyl sites for hydroxylation is 1. The standard InChI is InChI=1S/C15H15F3N6O4S2/c16-15(17,18)14(23-30(27,28)13-22-21-11(19)29-13)10(25)24(12(26)20-14)8-4-7-9-5-2-1-3-6-9/h1-3,5-6,23H,4,7-8H2,(H2,19,21)(H,20,26). The third-order valence-electron chi connectivity index (χ3n) is 4.16. The molecule has 1 aromatic carbocycles. The second kappa shape index (κ2) is 7.81. The summed E-state index contributed by atoms with van der Waals surface area (Å²) >= 11 is 0.302. The molecule has 1 aliphatic heterocycles. The van der Waals surface area contributed by atoms with Crippen LogP contribution in [0.1, 0.15) is 12.0 Å². The highest BCUT2D eigenvalue weighted by Gasteiger charge is 2.69. The van der Waals surface area contributed by atoms with Crippen molar-refractivity contribution in [1.29, 1.82) is 0 Å². The number of carbonyl (C=O) groups is 2. The van der Waals surface area contributed by atoms with Crippen LogP contribution < -0.4 is 15.8 Å². The quantitative estimate of drug-likeness (QED) is 0.515. The molecule has 10 nitrogen and oxygen atoms in total. The van der Waals surface area contributed by atoms with Crippen LogP contribution in [0.5, 0.6) is 0 Å². The van der Waals surface area contributed by atoms with Gasteiger partial charge in [0.15, 0.2) is 0 Å². The summed E-state index contributed by atoms with van der Waals surface area (Å²) in [5.41, 5.74) is 2.26. The van der Waals surface area contributed by atoms with Gasteiger partial charge in [-0.15, -0.1) is 10.2 Å². The third kappa shape index (κ3) is 4.08. The summed E-state index contributed by atoms with van der Waals surface area (Å²) in [6, 6.07) is 7.53. The van der Waals surface area contributed by atoms with E-state index in [0.29, 0.717) is 22.7 Å². The monoisotopic (exact) mass is 464 g/mol. The molecule has 0 aliphatic carbocycles. The van der Waals surface area contributed by atoms with E-state index in [4.69, 9.17) is 5.73 Å². The Hall–Kier alpha value is -2.78. The summed E-state index contributed by atoms with van der Waals surface area (Å²) < 4.78 is 66.4. The van der Waals surface area contributed by atoms with Crippen molar-refractivity contribution in [2.75, 3.05) is 12.3 Å². The first-order valence-corrected chi connectivity index (χ1v) is 10.6. The van der Waals surface area contributed by atoms with Crippen LogP contribution >= 0.6 is 11.3 Å². The molecule has 0 bridgehead atoms. The number of nitrogens with zero attached hydrogens (tertiary/aromatic N) is 3. The minimum absolute atomic E-state index is 0.177. The van der Waals surface area contributed by atoms with Crippen molar-refractivity contribution in [3.63, 3.8) is 0 Å². The Morgan fingerprint density at radius 2 is 1.87 bits per heavy atom. The Morgan fingerprint density at radius 1 is 1.20 bits per heavy atom. The molecule has 1 aromatic heterocycles. The average Bonchev–Trinajstić information content (AvgIpc) is 3.20. The predicted octanol–water partition coefficient (Wildman–Crippen LogP) is 0.842. The van der Waals surface area contributed by atoms with E-state index in [1.165, 1.54) is 10.0 Å². The number of nitrogen functional groups attached to an aromatic ring is 1. The van der Waals surface area contributed by atoms with Crippen LogP contribution in [0.15, 0.2) is 34.7 Å². The molecule has 1 atom stereocenters. The van der Waals surface area contributed by atoms with Crippen molar-refractivity contribution in [3.05, 3.63) is 35.9 Å². The van der Waals surface area contributed by atoms with E-state index in [1.807, 2.05) is 0 Å². The van der Waals surface area contributed by atoms with Crippen LogP contribution in [0.4, 0.5) is 23.1 Å². The van der Waals surface area contributed by atoms with Crippen molar-refractivity contribution < 1.29 is 31.2 Å². The first-order valence-electron chi connectivity index (χ1n) is 8.34. The van der Waals surface area contributed by atoms with Crippen LogP contribution in [0.25, 0.3) is 0 Å². The maximum absolute atomic E-state index is 13.8. The molecule has 1 saturated heterocycles. The summed E-state index contributed by atoms with van der Waals surface area (Å²) in [6.45, 7) is -0.342. The van der Waals surface area contributed by atoms with E-state index in [2.05, 4.69) is 10.2 Å². The summed E-state index contributed by atoms with van der Waals surface area (Å²) in [4.78, 5) is 25.0. The molecule has 162 valence electrons. The lowest BCUT2D eigenvalue weighted by Gasteiger charge is -2.29. The number of alkyl halides is 3. The highest BCUT2D eigenvalue weighted by molar-refractivity contribution is 7.91. The maximum atomic E-state index is 13.8. The number of aromatic nitrogens is 2. The minimum atomic E-state index is -5.47. The third-order valence-corrected chi connectivity index (χ3v) is 6.73. The number of imide groups is 1. The molecule has 3 amide bonds. The second-order valence-electron chi connectivity index (χ2n) is 6.24. The van der Waals surface area contributed by atoms with Gasteiger partial charge in [-0.1, -0.05) is 41.7 Å². The van der Waals surface area contributed by atoms with Crippen molar-refractivity contribution in [2.24, 2.45) is 0 Å². The number of nitrogens with two attached hydrogens (primary N) is 1. The number of amides is 3. The van der Waals surface area contributed by atoms with E-state index in [0.717, 1.165) is 5.56 Å². The molecule has 2 aromatic rings. The molecule has 2 heterocycles. The van der Waals surface area contributed by atoms with Gasteiger partial charge in [0.1, 0.15) is 0 Å². The van der Waals surface area contributed by atoms with E-state index >= 15 is 0 Å². The average molecular weight is 464 g/mol. The zero-order valence-corrected chi connectivity index (χ0v) is 16.6. The predicted molar refractivity (Wildman–Crippen MR) is 98.4 cm³/mol. The number of halogens is 3. The van der Waals surface area contributed by atoms with Crippen molar-refractivity contribution in [2.45, 2.75) is 29.0 Å². The number of benzene rings is 1. The van der Waals surface area contributed by atoms with Gasteiger partial charge in [-0.25, -0.2) is 13.2 Å². The normalized spacial score (nSPS) is 19.9. The summed E-state index contributed by atoms with van der Waals surface area (Å²) in [5.74, 6) is -1.78. The number of anilines is 1. The summed E-state index contributed by atoms with van der Waals surface area (Å²) in [6.07, 6.45) is -4.90. The first-order chi connectivity index (χ1) is 14.0. The molecular formula is C15H15F3N6O4S2. The molecule has 1 fully saturated rings. The lowest BCUT2D eigenvalue weighted by atomic mass is 10.1. The fourth-order valence-corrected chi connectivity index (χ4v) is 4.81. The molecular weight excluding hydrogens is 449 g/mol. The van der Waals surface area contributed by atoms with Crippen molar-refractivity contribution >= 4 is 38.4 Å². The molecule has 3 rings (SSSR count). The number of rotatable bonds is 7. The fourth-order valence-electron chi connectivity index (χ4n) is 2.76. The summed E-state index contributed by atoms with van der Waals surface area (Å²) in [7, 11) is -4.98. The van der Waals surface area contributed by atoms with Crippen LogP contribution in [0, 0.1) is 0 Å². The molecule has 4 N–H and O–H groups in total. The number of urea groups is 1. The zero-order chi connectivity index (χ0) is 22.2. The molecule has 0 radical (unpaired) electrons. The fraction of sp³-hybridized carbons (Fsp3) is 0.333. The number of hydrogen-bond donors (Lipinski definition) is 3. The maximum Gasteiger partial charge on any atom is 0.435 e. The van der Waals surface area contributed by atoms with E-state index < -0.39 is 38.1 Å². The van der Waals surface area contributed by atoms with Gasteiger partial charge in [-0.05, 0) is 18.4 Å². The van der Waals surface area contributed by atoms with Crippen molar-refractivity contribution in [3.8, 4) is 0 Å². The van der Waals surface area contributed by atoms with E-state index in [-0.39, 0.29) is 18.1 Å². The Morgan fingerprint density at radius 3 is 2.43 bits per heavy atom. The molecule has 0 spiro atoms. The molecule has 30 heavy (non-hydrogen) atoms. The lowest BCUT2D eigenvalue weighted by molar-refractivity contribution is -0.198. The topological polar surface area (TPSA) is 147 Å². The number of hydrogen-bond acceptors (Lipinski definition) is 8. The highest BCUT2D eigenvalue weighted by Crippen LogP contribution is 2.35. The molecule has 1 unspecified atom stereocenters. The molecule has 1 aliphatic rings. The number of nitrogens with one attached hydrogen (secondary N) is 2. The Balaban J connectivity index is 1.82. The Bertz CT molecular complexity index is 1060. The zero-order valence-electron chi connectivity index (χ0n) is 15.0. The Kier molecular flexibility index (Phi) is 5.70. The highest BCUT2D eigenvalue weighted by atomic mass is 32.2. The lowest BCUT2D eigenvalue weighted by Crippen LogP contribution is -2.69. The van der Waals surface area contributed by atoms with Gasteiger partial charge < -0.3 is 11.1 Å². The minimum Gasteiger partial charge on any atom is -0.374 e. The van der Waals surface area contributed by atoms with Gasteiger partial charge >= 0.3 is 12.2 Å². The van der Waals surface area contributed by atoms with Gasteiger partial charge in [0.2, 0.25) is 9.47 Å².